The molecule has 2 heteroatoms. The molecule has 63 heavy (non-hydrogen) atoms. The van der Waals surface area contributed by atoms with Crippen molar-refractivity contribution in [1.29, 1.82) is 0 Å². The zero-order chi connectivity index (χ0) is 42.1. The van der Waals surface area contributed by atoms with Gasteiger partial charge in [0.15, 0.2) is 0 Å². The highest BCUT2D eigenvalue weighted by molar-refractivity contribution is 6.11. The van der Waals surface area contributed by atoms with E-state index in [1.165, 1.54) is 93.9 Å². The van der Waals surface area contributed by atoms with Gasteiger partial charge >= 0.3 is 0 Å². The Labute approximate surface area is 368 Å². The van der Waals surface area contributed by atoms with Crippen molar-refractivity contribution in [2.45, 2.75) is 19.3 Å². The molecule has 0 radical (unpaired) electrons. The summed E-state index contributed by atoms with van der Waals surface area (Å²) in [5.74, 6) is 0. The molecule has 0 atom stereocenters. The second kappa shape index (κ2) is 14.6. The van der Waals surface area contributed by atoms with Gasteiger partial charge in [0.25, 0.3) is 0 Å². The van der Waals surface area contributed by atoms with Gasteiger partial charge in [-0.2, -0.15) is 0 Å². The fraction of sp³-hybridized carbons (Fsp3) is 0.0492. The van der Waals surface area contributed by atoms with Crippen LogP contribution < -0.4 is 4.90 Å². The van der Waals surface area contributed by atoms with Gasteiger partial charge in [0.05, 0.1) is 16.7 Å². The van der Waals surface area contributed by atoms with E-state index in [2.05, 4.69) is 254 Å². The number of rotatable bonds is 7. The summed E-state index contributed by atoms with van der Waals surface area (Å²) < 4.78 is 2.43. The van der Waals surface area contributed by atoms with Crippen LogP contribution in [0, 0.1) is 0 Å². The Kier molecular flexibility index (Phi) is 8.55. The standard InChI is InChI=1S/C61H44N2/c1-61(2)56-20-10-8-18-52(56)53-37-36-50(40-57(53)61)62(48-32-27-43(28-33-48)41-13-4-3-5-14-41)49-34-29-44(30-35-49)42-23-25-45(26-24-42)47-31-38-60-55(39-47)54-19-9-11-21-59(54)63(60)58-22-12-16-46-15-6-7-17-51(46)58/h3-40H,1-2H3. The van der Waals surface area contributed by atoms with E-state index in [9.17, 15) is 0 Å². The summed E-state index contributed by atoms with van der Waals surface area (Å²) in [7, 11) is 0. The van der Waals surface area contributed by atoms with E-state index in [0.717, 1.165) is 17.1 Å². The molecule has 0 N–H and O–H groups in total. The highest BCUT2D eigenvalue weighted by atomic mass is 15.1. The second-order valence-electron chi connectivity index (χ2n) is 17.4. The molecule has 11 aromatic rings. The molecule has 0 saturated heterocycles. The number of anilines is 3. The van der Waals surface area contributed by atoms with Crippen LogP contribution in [0.15, 0.2) is 231 Å². The predicted molar refractivity (Wildman–Crippen MR) is 267 cm³/mol. The lowest BCUT2D eigenvalue weighted by Crippen LogP contribution is -2.16. The van der Waals surface area contributed by atoms with Gasteiger partial charge in [-0.3, -0.25) is 0 Å². The quantitative estimate of drug-likeness (QED) is 0.156. The number of hydrogen-bond acceptors (Lipinski definition) is 1. The number of hydrogen-bond donors (Lipinski definition) is 0. The van der Waals surface area contributed by atoms with E-state index in [0.29, 0.717) is 0 Å². The molecule has 0 saturated carbocycles. The van der Waals surface area contributed by atoms with E-state index >= 15 is 0 Å². The Morgan fingerprint density at radius 1 is 0.333 bits per heavy atom. The van der Waals surface area contributed by atoms with Crippen molar-refractivity contribution < 1.29 is 0 Å². The maximum Gasteiger partial charge on any atom is 0.0541 e. The van der Waals surface area contributed by atoms with E-state index in [-0.39, 0.29) is 5.41 Å². The molecule has 0 unspecified atom stereocenters. The minimum atomic E-state index is -0.0943. The molecule has 1 heterocycles. The molecule has 1 aromatic heterocycles. The van der Waals surface area contributed by atoms with Gasteiger partial charge < -0.3 is 9.47 Å². The summed E-state index contributed by atoms with van der Waals surface area (Å²) in [6.45, 7) is 4.70. The predicted octanol–water partition coefficient (Wildman–Crippen LogP) is 16.7. The van der Waals surface area contributed by atoms with E-state index in [1.807, 2.05) is 0 Å². The maximum atomic E-state index is 2.43. The average Bonchev–Trinajstić information content (AvgIpc) is 3.79. The van der Waals surface area contributed by atoms with Crippen LogP contribution in [0.3, 0.4) is 0 Å². The fourth-order valence-corrected chi connectivity index (χ4v) is 10.2. The van der Waals surface area contributed by atoms with E-state index in [4.69, 9.17) is 0 Å². The highest BCUT2D eigenvalue weighted by Gasteiger charge is 2.35. The lowest BCUT2D eigenvalue weighted by Gasteiger charge is -2.28. The molecule has 0 spiro atoms. The van der Waals surface area contributed by atoms with Crippen LogP contribution in [-0.4, -0.2) is 4.57 Å². The summed E-state index contributed by atoms with van der Waals surface area (Å²) >= 11 is 0. The molecular formula is C61H44N2. The monoisotopic (exact) mass is 804 g/mol. The number of aromatic nitrogens is 1. The van der Waals surface area contributed by atoms with Crippen LogP contribution in [0.5, 0.6) is 0 Å². The Hall–Kier alpha value is -7.94. The summed E-state index contributed by atoms with van der Waals surface area (Å²) in [4.78, 5) is 2.40. The third-order valence-electron chi connectivity index (χ3n) is 13.4. The fourth-order valence-electron chi connectivity index (χ4n) is 10.2. The van der Waals surface area contributed by atoms with Crippen molar-refractivity contribution in [2.75, 3.05) is 4.90 Å². The zero-order valence-corrected chi connectivity index (χ0v) is 35.3. The topological polar surface area (TPSA) is 8.17 Å². The molecule has 10 aromatic carbocycles. The van der Waals surface area contributed by atoms with E-state index in [1.54, 1.807) is 0 Å². The average molecular weight is 805 g/mol. The highest BCUT2D eigenvalue weighted by Crippen LogP contribution is 2.51. The molecular weight excluding hydrogens is 761 g/mol. The lowest BCUT2D eigenvalue weighted by molar-refractivity contribution is 0.660. The number of benzene rings is 10. The molecule has 0 aliphatic heterocycles. The molecule has 0 amide bonds. The number of nitrogens with zero attached hydrogens (tertiary/aromatic N) is 2. The van der Waals surface area contributed by atoms with Gasteiger partial charge in [0.2, 0.25) is 0 Å². The smallest absolute Gasteiger partial charge is 0.0541 e. The molecule has 0 bridgehead atoms. The van der Waals surface area contributed by atoms with Crippen molar-refractivity contribution in [1.82, 2.24) is 4.57 Å². The molecule has 2 nitrogen and oxygen atoms in total. The number of fused-ring (bicyclic) bond motifs is 7. The third kappa shape index (κ3) is 6.09. The summed E-state index contributed by atoms with van der Waals surface area (Å²) in [5.41, 5.74) is 19.5. The van der Waals surface area contributed by atoms with Crippen LogP contribution in [0.25, 0.3) is 82.8 Å². The minimum Gasteiger partial charge on any atom is -0.310 e. The zero-order valence-electron chi connectivity index (χ0n) is 35.3. The molecule has 12 rings (SSSR count). The van der Waals surface area contributed by atoms with Gasteiger partial charge in [0, 0.05) is 38.6 Å². The van der Waals surface area contributed by atoms with Crippen LogP contribution in [0.1, 0.15) is 25.0 Å². The van der Waals surface area contributed by atoms with Gasteiger partial charge in [-0.15, -0.1) is 0 Å². The van der Waals surface area contributed by atoms with Crippen LogP contribution >= 0.6 is 0 Å². The van der Waals surface area contributed by atoms with Crippen molar-refractivity contribution in [3.63, 3.8) is 0 Å². The molecule has 0 fully saturated rings. The van der Waals surface area contributed by atoms with Gasteiger partial charge in [-0.05, 0) is 122 Å². The maximum absolute atomic E-state index is 2.43. The summed E-state index contributed by atoms with van der Waals surface area (Å²) in [6, 6.07) is 84.5. The van der Waals surface area contributed by atoms with Gasteiger partial charge in [-0.1, -0.05) is 184 Å². The van der Waals surface area contributed by atoms with Crippen molar-refractivity contribution in [3.05, 3.63) is 242 Å². The van der Waals surface area contributed by atoms with Crippen LogP contribution in [-0.2, 0) is 5.41 Å². The first-order valence-electron chi connectivity index (χ1n) is 21.9. The normalized spacial score (nSPS) is 12.7. The van der Waals surface area contributed by atoms with Crippen molar-refractivity contribution in [3.8, 4) is 50.2 Å². The Morgan fingerprint density at radius 3 is 1.57 bits per heavy atom. The lowest BCUT2D eigenvalue weighted by atomic mass is 9.82. The van der Waals surface area contributed by atoms with Crippen LogP contribution in [0.2, 0.25) is 0 Å². The molecule has 1 aliphatic rings. The Morgan fingerprint density at radius 2 is 0.841 bits per heavy atom. The first kappa shape index (κ1) is 36.9. The molecule has 1 aliphatic carbocycles. The van der Waals surface area contributed by atoms with Crippen molar-refractivity contribution in [2.24, 2.45) is 0 Å². The van der Waals surface area contributed by atoms with Crippen molar-refractivity contribution >= 4 is 49.6 Å². The largest absolute Gasteiger partial charge is 0.310 e. The van der Waals surface area contributed by atoms with Gasteiger partial charge in [0.1, 0.15) is 0 Å². The minimum absolute atomic E-state index is 0.0943. The second-order valence-corrected chi connectivity index (χ2v) is 17.4. The SMILES string of the molecule is CC1(C)c2ccccc2-c2ccc(N(c3ccc(-c4ccccc4)cc3)c3ccc(-c4ccc(-c5ccc6c(c5)c5ccccc5n6-c5cccc6ccccc56)cc4)cc3)cc21. The summed E-state index contributed by atoms with van der Waals surface area (Å²) in [5, 5.41) is 5.01. The molecule has 298 valence electrons. The first-order chi connectivity index (χ1) is 31.0. The Balaban J connectivity index is 0.884. The third-order valence-corrected chi connectivity index (χ3v) is 13.4. The Bertz CT molecular complexity index is 3500. The number of para-hydroxylation sites is 1. The first-order valence-corrected chi connectivity index (χ1v) is 21.9. The van der Waals surface area contributed by atoms with Gasteiger partial charge in [-0.25, -0.2) is 0 Å². The van der Waals surface area contributed by atoms with E-state index < -0.39 is 0 Å². The van der Waals surface area contributed by atoms with Crippen LogP contribution in [0.4, 0.5) is 17.1 Å². The summed E-state index contributed by atoms with van der Waals surface area (Å²) in [6.07, 6.45) is 0.